The molecule has 1 unspecified atom stereocenters. The number of nitrogens with zero attached hydrogens (tertiary/aromatic N) is 1. The zero-order valence-corrected chi connectivity index (χ0v) is 11.1. The second-order valence-electron chi connectivity index (χ2n) is 4.48. The number of nitrogens with one attached hydrogen (secondary N) is 2. The molecule has 0 bridgehead atoms. The van der Waals surface area contributed by atoms with Crippen molar-refractivity contribution in [1.82, 2.24) is 10.3 Å². The molecule has 19 heavy (non-hydrogen) atoms. The maximum absolute atomic E-state index is 13.6. The highest BCUT2D eigenvalue weighted by molar-refractivity contribution is 6.29. The van der Waals surface area contributed by atoms with Crippen LogP contribution in [0.15, 0.2) is 12.3 Å². The molecule has 1 heterocycles. The van der Waals surface area contributed by atoms with E-state index in [0.29, 0.717) is 12.8 Å². The van der Waals surface area contributed by atoms with Gasteiger partial charge in [0.05, 0.1) is 17.3 Å². The molecule has 1 saturated carbocycles. The summed E-state index contributed by atoms with van der Waals surface area (Å²) in [4.78, 5) is 15.5. The second kappa shape index (κ2) is 5.28. The fraction of sp³-hybridized carbons (Fsp3) is 0.500. The first kappa shape index (κ1) is 14.0. The van der Waals surface area contributed by atoms with Gasteiger partial charge in [0, 0.05) is 19.7 Å². The number of carbonyl (C=O) groups excluding carboxylic acids is 1. The van der Waals surface area contributed by atoms with Gasteiger partial charge >= 0.3 is 0 Å². The Morgan fingerprint density at radius 1 is 1.58 bits per heavy atom. The molecule has 2 N–H and O–H groups in total. The lowest BCUT2D eigenvalue weighted by Gasteiger charge is -2.22. The Balaban J connectivity index is 2.28. The van der Waals surface area contributed by atoms with Gasteiger partial charge in [-0.2, -0.15) is 0 Å². The Hall–Kier alpha value is -1.43. The van der Waals surface area contributed by atoms with Crippen molar-refractivity contribution in [2.24, 2.45) is 0 Å². The summed E-state index contributed by atoms with van der Waals surface area (Å²) in [5, 5.41) is 5.31. The summed E-state index contributed by atoms with van der Waals surface area (Å²) in [7, 11) is 1.46. The van der Waals surface area contributed by atoms with Gasteiger partial charge in [-0.1, -0.05) is 11.6 Å². The Labute approximate surface area is 114 Å². The molecule has 1 aromatic heterocycles. The summed E-state index contributed by atoms with van der Waals surface area (Å²) in [5.41, 5.74) is 0.487. The van der Waals surface area contributed by atoms with Gasteiger partial charge in [-0.15, -0.1) is 0 Å². The minimum absolute atomic E-state index is 0.140. The normalized spacial score (nSPS) is 21.2. The van der Waals surface area contributed by atoms with Crippen LogP contribution in [0.5, 0.6) is 0 Å². The van der Waals surface area contributed by atoms with Crippen molar-refractivity contribution in [3.05, 3.63) is 23.0 Å². The van der Waals surface area contributed by atoms with Crippen molar-refractivity contribution in [2.75, 3.05) is 12.4 Å². The van der Waals surface area contributed by atoms with E-state index in [1.807, 2.05) is 0 Å². The van der Waals surface area contributed by atoms with Gasteiger partial charge in [-0.3, -0.25) is 4.79 Å². The number of aromatic nitrogens is 1. The van der Waals surface area contributed by atoms with Gasteiger partial charge in [0.2, 0.25) is 0 Å². The average molecular weight is 290 g/mol. The van der Waals surface area contributed by atoms with Crippen LogP contribution in [0.1, 0.15) is 29.6 Å². The van der Waals surface area contributed by atoms with E-state index >= 15 is 0 Å². The summed E-state index contributed by atoms with van der Waals surface area (Å²) < 4.78 is 27.2. The van der Waals surface area contributed by atoms with Crippen molar-refractivity contribution in [2.45, 2.75) is 31.2 Å². The molecule has 1 aliphatic rings. The second-order valence-corrected chi connectivity index (χ2v) is 4.87. The van der Waals surface area contributed by atoms with Crippen molar-refractivity contribution in [3.8, 4) is 0 Å². The lowest BCUT2D eigenvalue weighted by atomic mass is 10.1. The number of alkyl halides is 2. The number of hydrogen-bond acceptors (Lipinski definition) is 3. The zero-order chi connectivity index (χ0) is 14.0. The van der Waals surface area contributed by atoms with Crippen molar-refractivity contribution < 1.29 is 13.6 Å². The molecule has 0 spiro atoms. The van der Waals surface area contributed by atoms with E-state index in [2.05, 4.69) is 15.6 Å². The van der Waals surface area contributed by atoms with Crippen LogP contribution < -0.4 is 10.6 Å². The Morgan fingerprint density at radius 2 is 2.32 bits per heavy atom. The number of pyridine rings is 1. The van der Waals surface area contributed by atoms with Crippen LogP contribution in [-0.2, 0) is 0 Å². The number of amides is 1. The molecule has 1 fully saturated rings. The standard InChI is InChI=1S/C12H14ClF2N3O/c1-16-11(19)7-6-17-10(13)5-8(7)18-9-3-2-4-12(9,14)15/h5-6,9H,2-4H2,1H3,(H,16,19)(H,17,18). The van der Waals surface area contributed by atoms with Gasteiger partial charge in [-0.25, -0.2) is 13.8 Å². The first-order valence-electron chi connectivity index (χ1n) is 5.96. The molecule has 7 heteroatoms. The van der Waals surface area contributed by atoms with Crippen LogP contribution in [0.2, 0.25) is 5.15 Å². The fourth-order valence-corrected chi connectivity index (χ4v) is 2.32. The molecule has 0 radical (unpaired) electrons. The predicted molar refractivity (Wildman–Crippen MR) is 68.8 cm³/mol. The largest absolute Gasteiger partial charge is 0.376 e. The van der Waals surface area contributed by atoms with E-state index < -0.39 is 17.9 Å². The third kappa shape index (κ3) is 2.94. The molecule has 1 amide bonds. The lowest BCUT2D eigenvalue weighted by molar-refractivity contribution is -0.000623. The van der Waals surface area contributed by atoms with E-state index in [1.54, 1.807) is 0 Å². The Kier molecular flexibility index (Phi) is 3.89. The Morgan fingerprint density at radius 3 is 2.89 bits per heavy atom. The molecule has 0 aliphatic heterocycles. The van der Waals surface area contributed by atoms with Gasteiger partial charge in [0.25, 0.3) is 11.8 Å². The molecule has 104 valence electrons. The van der Waals surface area contributed by atoms with Gasteiger partial charge in [0.15, 0.2) is 0 Å². The number of rotatable bonds is 3. The first-order chi connectivity index (χ1) is 8.94. The minimum Gasteiger partial charge on any atom is -0.376 e. The zero-order valence-electron chi connectivity index (χ0n) is 10.3. The minimum atomic E-state index is -2.77. The highest BCUT2D eigenvalue weighted by Gasteiger charge is 2.44. The van der Waals surface area contributed by atoms with Gasteiger partial charge < -0.3 is 10.6 Å². The smallest absolute Gasteiger partial charge is 0.267 e. The topological polar surface area (TPSA) is 54.0 Å². The molecule has 0 aromatic carbocycles. The Bertz CT molecular complexity index is 496. The average Bonchev–Trinajstić information content (AvgIpc) is 2.68. The van der Waals surface area contributed by atoms with Gasteiger partial charge in [-0.05, 0) is 18.9 Å². The maximum atomic E-state index is 13.6. The number of halogens is 3. The van der Waals surface area contributed by atoms with E-state index in [0.717, 1.165) is 0 Å². The van der Waals surface area contributed by atoms with Crippen molar-refractivity contribution in [3.63, 3.8) is 0 Å². The molecule has 1 aromatic rings. The highest BCUT2D eigenvalue weighted by Crippen LogP contribution is 2.37. The van der Waals surface area contributed by atoms with Crippen LogP contribution in [-0.4, -0.2) is 29.9 Å². The summed E-state index contributed by atoms with van der Waals surface area (Å²) in [6.07, 6.45) is 1.95. The van der Waals surface area contributed by atoms with Crippen LogP contribution in [0.25, 0.3) is 0 Å². The lowest BCUT2D eigenvalue weighted by Crippen LogP contribution is -2.35. The molecule has 1 atom stereocenters. The number of anilines is 1. The summed E-state index contributed by atoms with van der Waals surface area (Å²) >= 11 is 5.75. The third-order valence-corrected chi connectivity index (χ3v) is 3.39. The number of hydrogen-bond donors (Lipinski definition) is 2. The third-order valence-electron chi connectivity index (χ3n) is 3.18. The van der Waals surface area contributed by atoms with E-state index in [-0.39, 0.29) is 22.8 Å². The predicted octanol–water partition coefficient (Wildman–Crippen LogP) is 2.69. The SMILES string of the molecule is CNC(=O)c1cnc(Cl)cc1NC1CCCC1(F)F. The summed E-state index contributed by atoms with van der Waals surface area (Å²) in [6.45, 7) is 0. The van der Waals surface area contributed by atoms with E-state index in [9.17, 15) is 13.6 Å². The van der Waals surface area contributed by atoms with Crippen molar-refractivity contribution >= 4 is 23.2 Å². The quantitative estimate of drug-likeness (QED) is 0.841. The molecular weight excluding hydrogens is 276 g/mol. The van der Waals surface area contributed by atoms with Crippen LogP contribution in [0.3, 0.4) is 0 Å². The summed E-state index contributed by atoms with van der Waals surface area (Å²) in [6, 6.07) is 0.412. The molecular formula is C12H14ClF2N3O. The van der Waals surface area contributed by atoms with Crippen LogP contribution in [0, 0.1) is 0 Å². The number of carbonyl (C=O) groups is 1. The van der Waals surface area contributed by atoms with Crippen LogP contribution in [0.4, 0.5) is 14.5 Å². The molecule has 4 nitrogen and oxygen atoms in total. The van der Waals surface area contributed by atoms with Gasteiger partial charge in [0.1, 0.15) is 5.15 Å². The van der Waals surface area contributed by atoms with E-state index in [1.165, 1.54) is 19.3 Å². The fourth-order valence-electron chi connectivity index (χ4n) is 2.16. The summed E-state index contributed by atoms with van der Waals surface area (Å²) in [5.74, 6) is -3.16. The van der Waals surface area contributed by atoms with Crippen LogP contribution >= 0.6 is 11.6 Å². The van der Waals surface area contributed by atoms with Crippen molar-refractivity contribution in [1.29, 1.82) is 0 Å². The first-order valence-corrected chi connectivity index (χ1v) is 6.34. The molecule has 1 aliphatic carbocycles. The molecule has 2 rings (SSSR count). The van der Waals surface area contributed by atoms with E-state index in [4.69, 9.17) is 11.6 Å². The maximum Gasteiger partial charge on any atom is 0.267 e. The highest BCUT2D eigenvalue weighted by atomic mass is 35.5. The molecule has 0 saturated heterocycles. The monoisotopic (exact) mass is 289 g/mol.